The van der Waals surface area contributed by atoms with Crippen LogP contribution in [0, 0.1) is 0 Å². The Balaban J connectivity index is 2.05. The van der Waals surface area contributed by atoms with E-state index in [1.165, 1.54) is 54.3 Å². The fraction of sp³-hybridized carbons (Fsp3) is 0.647. The molecule has 3 rings (SSSR count). The monoisotopic (exact) mass is 303 g/mol. The van der Waals surface area contributed by atoms with Gasteiger partial charge in [-0.15, -0.1) is 11.3 Å². The first kappa shape index (κ1) is 14.8. The summed E-state index contributed by atoms with van der Waals surface area (Å²) in [6, 6.07) is 0. The highest BCUT2D eigenvalue weighted by Crippen LogP contribution is 2.38. The number of hydrogen-bond donors (Lipinski definition) is 1. The molecule has 3 nitrogen and oxygen atoms in total. The maximum absolute atomic E-state index is 4.85. The number of nitrogens with one attached hydrogen (secondary N) is 1. The van der Waals surface area contributed by atoms with Crippen LogP contribution in [0.3, 0.4) is 0 Å². The van der Waals surface area contributed by atoms with E-state index >= 15 is 0 Å². The van der Waals surface area contributed by atoms with Gasteiger partial charge in [0, 0.05) is 17.8 Å². The molecule has 0 aliphatic heterocycles. The molecule has 114 valence electrons. The molecule has 0 saturated heterocycles. The van der Waals surface area contributed by atoms with Crippen molar-refractivity contribution in [1.82, 2.24) is 9.97 Å². The molecule has 21 heavy (non-hydrogen) atoms. The van der Waals surface area contributed by atoms with Gasteiger partial charge in [-0.1, -0.05) is 20.3 Å². The summed E-state index contributed by atoms with van der Waals surface area (Å²) in [4.78, 5) is 12.5. The van der Waals surface area contributed by atoms with Crippen LogP contribution in [0.2, 0.25) is 0 Å². The van der Waals surface area contributed by atoms with E-state index in [1.54, 1.807) is 4.88 Å². The van der Waals surface area contributed by atoms with Crippen molar-refractivity contribution >= 4 is 27.4 Å². The van der Waals surface area contributed by atoms with Crippen molar-refractivity contribution in [2.45, 2.75) is 65.2 Å². The first-order valence-electron chi connectivity index (χ1n) is 8.38. The fourth-order valence-corrected chi connectivity index (χ4v) is 4.30. The van der Waals surface area contributed by atoms with Crippen LogP contribution in [0.25, 0.3) is 10.2 Å². The number of aromatic nitrogens is 2. The third kappa shape index (κ3) is 3.05. The van der Waals surface area contributed by atoms with Gasteiger partial charge in [-0.05, 0) is 44.1 Å². The van der Waals surface area contributed by atoms with Gasteiger partial charge in [0.1, 0.15) is 16.5 Å². The highest BCUT2D eigenvalue weighted by molar-refractivity contribution is 7.19. The van der Waals surface area contributed by atoms with Gasteiger partial charge in [0.25, 0.3) is 0 Å². The molecule has 2 aromatic heterocycles. The Bertz CT molecular complexity index is 618. The molecular formula is C17H25N3S. The average molecular weight is 303 g/mol. The van der Waals surface area contributed by atoms with Crippen molar-refractivity contribution in [3.8, 4) is 0 Å². The lowest BCUT2D eigenvalue weighted by Crippen LogP contribution is -2.07. The van der Waals surface area contributed by atoms with Crippen LogP contribution in [-0.2, 0) is 19.3 Å². The Morgan fingerprint density at radius 3 is 2.76 bits per heavy atom. The van der Waals surface area contributed by atoms with Gasteiger partial charge < -0.3 is 5.32 Å². The van der Waals surface area contributed by atoms with Gasteiger partial charge in [-0.3, -0.25) is 0 Å². The number of thiophene rings is 1. The molecule has 2 aromatic rings. The van der Waals surface area contributed by atoms with Gasteiger partial charge >= 0.3 is 0 Å². The molecule has 0 unspecified atom stereocenters. The number of hydrogen-bond acceptors (Lipinski definition) is 4. The standard InChI is InChI=1S/C17H25N3S/c1-3-5-10-14-19-16(18-11-4-2)15-12-8-6-7-9-13(12)21-17(15)20-14/h3-11H2,1-2H3,(H,18,19,20). The summed E-state index contributed by atoms with van der Waals surface area (Å²) in [5.41, 5.74) is 1.53. The Morgan fingerprint density at radius 2 is 1.95 bits per heavy atom. The average Bonchev–Trinajstić information content (AvgIpc) is 2.89. The molecule has 0 fully saturated rings. The largest absolute Gasteiger partial charge is 0.369 e. The maximum Gasteiger partial charge on any atom is 0.138 e. The summed E-state index contributed by atoms with van der Waals surface area (Å²) in [6.45, 7) is 5.41. The van der Waals surface area contributed by atoms with Gasteiger partial charge in [-0.2, -0.15) is 0 Å². The fourth-order valence-electron chi connectivity index (χ4n) is 3.02. The van der Waals surface area contributed by atoms with Crippen molar-refractivity contribution in [2.24, 2.45) is 0 Å². The van der Waals surface area contributed by atoms with E-state index in [9.17, 15) is 0 Å². The lowest BCUT2D eigenvalue weighted by Gasteiger charge is -2.13. The van der Waals surface area contributed by atoms with Gasteiger partial charge in [0.05, 0.1) is 5.39 Å². The van der Waals surface area contributed by atoms with Crippen LogP contribution >= 0.6 is 11.3 Å². The lowest BCUT2D eigenvalue weighted by atomic mass is 9.97. The molecule has 0 saturated carbocycles. The van der Waals surface area contributed by atoms with E-state index < -0.39 is 0 Å². The second-order valence-electron chi connectivity index (χ2n) is 5.91. The van der Waals surface area contributed by atoms with E-state index in [1.807, 2.05) is 11.3 Å². The lowest BCUT2D eigenvalue weighted by molar-refractivity contribution is 0.700. The molecule has 0 spiro atoms. The SMILES string of the molecule is CCCCc1nc(NCCC)c2c3c(sc2n1)CCCC3. The molecule has 0 bridgehead atoms. The van der Waals surface area contributed by atoms with Gasteiger partial charge in [0.15, 0.2) is 0 Å². The van der Waals surface area contributed by atoms with Crippen LogP contribution in [0.4, 0.5) is 5.82 Å². The summed E-state index contributed by atoms with van der Waals surface area (Å²) in [5.74, 6) is 2.11. The Morgan fingerprint density at radius 1 is 1.10 bits per heavy atom. The third-order valence-corrected chi connectivity index (χ3v) is 5.34. The maximum atomic E-state index is 4.85. The second kappa shape index (κ2) is 6.73. The van der Waals surface area contributed by atoms with E-state index in [4.69, 9.17) is 9.97 Å². The molecule has 0 aromatic carbocycles. The van der Waals surface area contributed by atoms with Crippen LogP contribution in [0.5, 0.6) is 0 Å². The first-order chi connectivity index (χ1) is 10.3. The zero-order valence-electron chi connectivity index (χ0n) is 13.2. The number of fused-ring (bicyclic) bond motifs is 3. The first-order valence-corrected chi connectivity index (χ1v) is 9.20. The van der Waals surface area contributed by atoms with E-state index in [0.29, 0.717) is 0 Å². The van der Waals surface area contributed by atoms with Gasteiger partial charge in [0.2, 0.25) is 0 Å². The normalized spacial score (nSPS) is 14.4. The van der Waals surface area contributed by atoms with E-state index in [0.717, 1.165) is 31.0 Å². The highest BCUT2D eigenvalue weighted by Gasteiger charge is 2.20. The Labute approximate surface area is 131 Å². The number of unbranched alkanes of at least 4 members (excludes halogenated alkanes) is 1. The van der Waals surface area contributed by atoms with Crippen LogP contribution in [0.1, 0.15) is 62.2 Å². The number of anilines is 1. The quantitative estimate of drug-likeness (QED) is 0.838. The summed E-state index contributed by atoms with van der Waals surface area (Å²) in [5, 5.41) is 4.87. The number of aryl methyl sites for hydroxylation is 3. The highest BCUT2D eigenvalue weighted by atomic mass is 32.1. The molecule has 4 heteroatoms. The van der Waals surface area contributed by atoms with Crippen molar-refractivity contribution in [2.75, 3.05) is 11.9 Å². The third-order valence-electron chi connectivity index (χ3n) is 4.16. The molecule has 0 amide bonds. The topological polar surface area (TPSA) is 37.8 Å². The molecule has 2 heterocycles. The van der Waals surface area contributed by atoms with Crippen molar-refractivity contribution in [3.63, 3.8) is 0 Å². The molecular weight excluding hydrogens is 278 g/mol. The van der Waals surface area contributed by atoms with Crippen molar-refractivity contribution < 1.29 is 0 Å². The Kier molecular flexibility index (Phi) is 4.73. The zero-order valence-corrected chi connectivity index (χ0v) is 14.0. The van der Waals surface area contributed by atoms with Gasteiger partial charge in [-0.25, -0.2) is 9.97 Å². The van der Waals surface area contributed by atoms with Crippen molar-refractivity contribution in [3.05, 3.63) is 16.3 Å². The predicted molar refractivity (Wildman–Crippen MR) is 91.4 cm³/mol. The smallest absolute Gasteiger partial charge is 0.138 e. The van der Waals surface area contributed by atoms with Crippen molar-refractivity contribution in [1.29, 1.82) is 0 Å². The summed E-state index contributed by atoms with van der Waals surface area (Å²) >= 11 is 1.90. The number of nitrogens with zero attached hydrogens (tertiary/aromatic N) is 2. The second-order valence-corrected chi connectivity index (χ2v) is 6.99. The van der Waals surface area contributed by atoms with Crippen LogP contribution in [0.15, 0.2) is 0 Å². The van der Waals surface area contributed by atoms with E-state index in [-0.39, 0.29) is 0 Å². The van der Waals surface area contributed by atoms with E-state index in [2.05, 4.69) is 19.2 Å². The zero-order chi connectivity index (χ0) is 14.7. The summed E-state index contributed by atoms with van der Waals surface area (Å²) in [6.07, 6.45) is 9.56. The molecule has 0 atom stereocenters. The minimum atomic E-state index is 0.990. The minimum Gasteiger partial charge on any atom is -0.369 e. The molecule has 1 aliphatic rings. The number of rotatable bonds is 6. The molecule has 1 aliphatic carbocycles. The molecule has 1 N–H and O–H groups in total. The summed E-state index contributed by atoms with van der Waals surface area (Å²) in [7, 11) is 0. The summed E-state index contributed by atoms with van der Waals surface area (Å²) < 4.78 is 0. The predicted octanol–water partition coefficient (Wildman–Crippen LogP) is 4.73. The minimum absolute atomic E-state index is 0.990. The Hall–Kier alpha value is -1.16. The van der Waals surface area contributed by atoms with Crippen LogP contribution < -0.4 is 5.32 Å². The van der Waals surface area contributed by atoms with Crippen LogP contribution in [-0.4, -0.2) is 16.5 Å². The molecule has 0 radical (unpaired) electrons.